The van der Waals surface area contributed by atoms with Gasteiger partial charge in [-0.15, -0.1) is 22.7 Å². The summed E-state index contributed by atoms with van der Waals surface area (Å²) in [6, 6.07) is 11.1. The molecule has 0 bridgehead atoms. The van der Waals surface area contributed by atoms with Gasteiger partial charge in [0.1, 0.15) is 10.6 Å². The summed E-state index contributed by atoms with van der Waals surface area (Å²) >= 11 is 2.81. The van der Waals surface area contributed by atoms with Crippen molar-refractivity contribution in [3.05, 3.63) is 70.0 Å². The van der Waals surface area contributed by atoms with E-state index in [1.807, 2.05) is 53.2 Å². The van der Waals surface area contributed by atoms with Gasteiger partial charge in [-0.2, -0.15) is 0 Å². The van der Waals surface area contributed by atoms with E-state index in [1.54, 1.807) is 18.0 Å². The Balaban J connectivity index is 1.61. The predicted molar refractivity (Wildman–Crippen MR) is 128 cm³/mol. The molecule has 0 saturated heterocycles. The molecule has 1 atom stereocenters. The van der Waals surface area contributed by atoms with Gasteiger partial charge in [0.15, 0.2) is 0 Å². The number of fused-ring (bicyclic) bond motifs is 1. The highest BCUT2D eigenvalue weighted by atomic mass is 32.1. The van der Waals surface area contributed by atoms with Crippen LogP contribution >= 0.6 is 22.7 Å². The SMILES string of the molecule is CCOC(=O)c1c(-c2cccs2)csc1NC(=O)CC1c2ccccc2C=CN1C(C)=O. The molecule has 2 aromatic heterocycles. The molecule has 0 radical (unpaired) electrons. The molecule has 0 aliphatic carbocycles. The van der Waals surface area contributed by atoms with Crippen LogP contribution in [0.2, 0.25) is 0 Å². The maximum atomic E-state index is 13.1. The highest BCUT2D eigenvalue weighted by Crippen LogP contribution is 2.39. The number of nitrogens with zero attached hydrogens (tertiary/aromatic N) is 1. The molecular formula is C24H22N2O4S2. The minimum Gasteiger partial charge on any atom is -0.462 e. The van der Waals surface area contributed by atoms with E-state index in [2.05, 4.69) is 5.32 Å². The molecule has 164 valence electrons. The first-order chi connectivity index (χ1) is 15.5. The van der Waals surface area contributed by atoms with Crippen molar-refractivity contribution in [2.24, 2.45) is 0 Å². The third kappa shape index (κ3) is 4.37. The third-order valence-electron chi connectivity index (χ3n) is 5.16. The second kappa shape index (κ2) is 9.50. The maximum Gasteiger partial charge on any atom is 0.341 e. The van der Waals surface area contributed by atoms with Crippen molar-refractivity contribution in [1.29, 1.82) is 0 Å². The summed E-state index contributed by atoms with van der Waals surface area (Å²) in [5.41, 5.74) is 3.00. The Kier molecular flexibility index (Phi) is 6.53. The van der Waals surface area contributed by atoms with Crippen molar-refractivity contribution >= 4 is 51.5 Å². The Hall–Kier alpha value is -3.23. The molecule has 0 spiro atoms. The summed E-state index contributed by atoms with van der Waals surface area (Å²) in [5, 5.41) is 7.13. The van der Waals surface area contributed by atoms with Crippen molar-refractivity contribution in [3.8, 4) is 10.4 Å². The Morgan fingerprint density at radius 3 is 2.66 bits per heavy atom. The summed E-state index contributed by atoms with van der Waals surface area (Å²) in [6.07, 6.45) is 3.65. The van der Waals surface area contributed by atoms with Crippen molar-refractivity contribution in [2.45, 2.75) is 26.3 Å². The number of hydrogen-bond donors (Lipinski definition) is 1. The number of hydrogen-bond acceptors (Lipinski definition) is 6. The molecule has 2 amide bonds. The van der Waals surface area contributed by atoms with Gasteiger partial charge in [-0.25, -0.2) is 4.79 Å². The smallest absolute Gasteiger partial charge is 0.341 e. The van der Waals surface area contributed by atoms with Crippen LogP contribution in [0.5, 0.6) is 0 Å². The van der Waals surface area contributed by atoms with Crippen LogP contribution in [0.1, 0.15) is 47.8 Å². The lowest BCUT2D eigenvalue weighted by Gasteiger charge is -2.32. The second-order valence-electron chi connectivity index (χ2n) is 7.19. The number of carbonyl (C=O) groups is 3. The molecule has 1 unspecified atom stereocenters. The summed E-state index contributed by atoms with van der Waals surface area (Å²) in [4.78, 5) is 40.5. The van der Waals surface area contributed by atoms with Crippen LogP contribution in [0.15, 0.2) is 53.4 Å². The molecular weight excluding hydrogens is 444 g/mol. The first-order valence-corrected chi connectivity index (χ1v) is 11.9. The molecule has 6 nitrogen and oxygen atoms in total. The molecule has 8 heteroatoms. The lowest BCUT2D eigenvalue weighted by atomic mass is 9.93. The van der Waals surface area contributed by atoms with Crippen molar-refractivity contribution < 1.29 is 19.1 Å². The number of ether oxygens (including phenoxy) is 1. The lowest BCUT2D eigenvalue weighted by molar-refractivity contribution is -0.129. The number of rotatable bonds is 6. The van der Waals surface area contributed by atoms with E-state index < -0.39 is 12.0 Å². The van der Waals surface area contributed by atoms with Crippen LogP contribution in [0.25, 0.3) is 16.5 Å². The van der Waals surface area contributed by atoms with E-state index in [0.717, 1.165) is 21.6 Å². The average Bonchev–Trinajstić information content (AvgIpc) is 3.43. The Morgan fingerprint density at radius 1 is 1.12 bits per heavy atom. The third-order valence-corrected chi connectivity index (χ3v) is 6.96. The summed E-state index contributed by atoms with van der Waals surface area (Å²) in [5.74, 6) is -0.892. The Labute approximate surface area is 194 Å². The molecule has 1 N–H and O–H groups in total. The number of carbonyl (C=O) groups excluding carboxylic acids is 3. The zero-order valence-electron chi connectivity index (χ0n) is 17.7. The molecule has 1 aromatic carbocycles. The minimum absolute atomic E-state index is 0.0649. The Bertz CT molecular complexity index is 1180. The molecule has 32 heavy (non-hydrogen) atoms. The van der Waals surface area contributed by atoms with Crippen LogP contribution in [0.3, 0.4) is 0 Å². The van der Waals surface area contributed by atoms with Gasteiger partial charge in [-0.05, 0) is 35.6 Å². The standard InChI is InChI=1S/C24H22N2O4S2/c1-3-30-24(29)22-18(20-9-6-12-31-20)14-32-23(22)25-21(28)13-19-17-8-5-4-7-16(17)10-11-26(19)15(2)27/h4-12,14,19H,3,13H2,1-2H3,(H,25,28). The number of esters is 1. The quantitative estimate of drug-likeness (QED) is 0.483. The number of anilines is 1. The molecule has 3 aromatic rings. The van der Waals surface area contributed by atoms with Gasteiger partial charge in [0, 0.05) is 28.9 Å². The van der Waals surface area contributed by atoms with Gasteiger partial charge < -0.3 is 15.0 Å². The van der Waals surface area contributed by atoms with Gasteiger partial charge in [0.2, 0.25) is 11.8 Å². The summed E-state index contributed by atoms with van der Waals surface area (Å²) in [7, 11) is 0. The fourth-order valence-corrected chi connectivity index (χ4v) is 5.52. The largest absolute Gasteiger partial charge is 0.462 e. The van der Waals surface area contributed by atoms with Crippen molar-refractivity contribution in [3.63, 3.8) is 0 Å². The maximum absolute atomic E-state index is 13.1. The first kappa shape index (κ1) is 22.0. The van der Waals surface area contributed by atoms with Crippen molar-refractivity contribution in [1.82, 2.24) is 4.90 Å². The first-order valence-electron chi connectivity index (χ1n) is 10.2. The van der Waals surface area contributed by atoms with E-state index in [9.17, 15) is 14.4 Å². The topological polar surface area (TPSA) is 75.7 Å². The van der Waals surface area contributed by atoms with Crippen LogP contribution in [-0.2, 0) is 14.3 Å². The molecule has 3 heterocycles. The van der Waals surface area contributed by atoms with E-state index in [4.69, 9.17) is 4.74 Å². The van der Waals surface area contributed by atoms with Gasteiger partial charge in [-0.1, -0.05) is 30.3 Å². The average molecular weight is 467 g/mol. The molecule has 1 aliphatic rings. The molecule has 0 fully saturated rings. The number of thiophene rings is 2. The number of benzene rings is 1. The van der Waals surface area contributed by atoms with E-state index in [0.29, 0.717) is 10.6 Å². The molecule has 1 aliphatic heterocycles. The Morgan fingerprint density at radius 2 is 1.94 bits per heavy atom. The number of nitrogens with one attached hydrogen (secondary N) is 1. The predicted octanol–water partition coefficient (Wildman–Crippen LogP) is 5.56. The van der Waals surface area contributed by atoms with Gasteiger partial charge in [0.05, 0.1) is 19.1 Å². The van der Waals surface area contributed by atoms with Crippen LogP contribution in [0, 0.1) is 0 Å². The zero-order chi connectivity index (χ0) is 22.7. The van der Waals surface area contributed by atoms with E-state index >= 15 is 0 Å². The minimum atomic E-state index is -0.469. The van der Waals surface area contributed by atoms with E-state index in [-0.39, 0.29) is 24.8 Å². The van der Waals surface area contributed by atoms with Crippen LogP contribution < -0.4 is 5.32 Å². The highest BCUT2D eigenvalue weighted by molar-refractivity contribution is 7.17. The summed E-state index contributed by atoms with van der Waals surface area (Å²) < 4.78 is 5.25. The van der Waals surface area contributed by atoms with E-state index in [1.165, 1.54) is 29.6 Å². The zero-order valence-corrected chi connectivity index (χ0v) is 19.3. The van der Waals surface area contributed by atoms with Gasteiger partial charge >= 0.3 is 5.97 Å². The lowest BCUT2D eigenvalue weighted by Crippen LogP contribution is -2.33. The van der Waals surface area contributed by atoms with Gasteiger partial charge in [0.25, 0.3) is 0 Å². The highest BCUT2D eigenvalue weighted by Gasteiger charge is 2.29. The van der Waals surface area contributed by atoms with Crippen molar-refractivity contribution in [2.75, 3.05) is 11.9 Å². The fourth-order valence-electron chi connectivity index (χ4n) is 3.74. The number of amides is 2. The fraction of sp³-hybridized carbons (Fsp3) is 0.208. The molecule has 0 saturated carbocycles. The van der Waals surface area contributed by atoms with Crippen LogP contribution in [0.4, 0.5) is 5.00 Å². The summed E-state index contributed by atoms with van der Waals surface area (Å²) in [6.45, 7) is 3.47. The second-order valence-corrected chi connectivity index (χ2v) is 9.02. The normalized spacial score (nSPS) is 14.7. The molecule has 4 rings (SSSR count). The van der Waals surface area contributed by atoms with Crippen LogP contribution in [-0.4, -0.2) is 29.3 Å². The van der Waals surface area contributed by atoms with Gasteiger partial charge in [-0.3, -0.25) is 9.59 Å². The monoisotopic (exact) mass is 466 g/mol.